The molecule has 0 saturated carbocycles. The topological polar surface area (TPSA) is 74.2 Å². The molecule has 2 aromatic heterocycles. The molecular formula is C32H35F2N7O. The molecule has 0 spiro atoms. The van der Waals surface area contributed by atoms with E-state index < -0.39 is 11.6 Å². The molecule has 8 nitrogen and oxygen atoms in total. The lowest BCUT2D eigenvalue weighted by molar-refractivity contribution is 0.0606. The number of hydrogen-bond donors (Lipinski definition) is 2. The average molecular weight is 572 g/mol. The molecule has 5 aromatic rings. The van der Waals surface area contributed by atoms with Crippen LogP contribution in [0.3, 0.4) is 0 Å². The predicted molar refractivity (Wildman–Crippen MR) is 162 cm³/mol. The maximum absolute atomic E-state index is 13.8. The number of likely N-dealkylation sites (N-methyl/N-ethyl adjacent to an activating group) is 1. The number of nitrogens with zero attached hydrogens (tertiary/aromatic N) is 5. The van der Waals surface area contributed by atoms with Crippen molar-refractivity contribution >= 4 is 39.1 Å². The van der Waals surface area contributed by atoms with Crippen molar-refractivity contribution in [2.75, 3.05) is 56.7 Å². The van der Waals surface area contributed by atoms with E-state index in [1.165, 1.54) is 17.8 Å². The number of hydrogen-bond acceptors (Lipinski definition) is 6. The first-order valence-electron chi connectivity index (χ1n) is 14.7. The molecular weight excluding hydrogens is 536 g/mol. The third-order valence-electron chi connectivity index (χ3n) is 8.57. The van der Waals surface area contributed by atoms with Crippen LogP contribution < -0.4 is 10.2 Å². The van der Waals surface area contributed by atoms with Crippen molar-refractivity contribution in [3.05, 3.63) is 77.4 Å². The van der Waals surface area contributed by atoms with Gasteiger partial charge >= 0.3 is 0 Å². The van der Waals surface area contributed by atoms with Crippen LogP contribution >= 0.6 is 0 Å². The Hall–Kier alpha value is -4.02. The van der Waals surface area contributed by atoms with E-state index in [-0.39, 0.29) is 0 Å². The van der Waals surface area contributed by atoms with Crippen molar-refractivity contribution < 1.29 is 13.5 Å². The highest BCUT2D eigenvalue weighted by molar-refractivity contribution is 5.98. The number of fused-ring (bicyclic) bond motifs is 2. The zero-order valence-electron chi connectivity index (χ0n) is 23.7. The fourth-order valence-corrected chi connectivity index (χ4v) is 6.16. The van der Waals surface area contributed by atoms with Crippen LogP contribution in [0.25, 0.3) is 21.8 Å². The predicted octanol–water partition coefficient (Wildman–Crippen LogP) is 5.70. The molecule has 2 aliphatic heterocycles. The number of benzene rings is 3. The number of nitrogens with one attached hydrogen (secondary N) is 2. The largest absolute Gasteiger partial charge is 0.381 e. The summed E-state index contributed by atoms with van der Waals surface area (Å²) in [5, 5.41) is 18.2. The SMILES string of the molecule is CN1CCN(c2ccc3c(Nc4n[nH]c5ccc(Cc6cc(F)cc(F)c6)cc45)nn(CC4CCOCC4)c3c2)CC1. The molecule has 2 N–H and O–H groups in total. The minimum absolute atomic E-state index is 0.410. The van der Waals surface area contributed by atoms with Crippen LogP contribution in [-0.2, 0) is 17.7 Å². The molecule has 7 rings (SSSR count). The number of aromatic amines is 1. The summed E-state index contributed by atoms with van der Waals surface area (Å²) in [6, 6.07) is 16.2. The van der Waals surface area contributed by atoms with Crippen molar-refractivity contribution in [1.82, 2.24) is 24.9 Å². The molecule has 0 amide bonds. The molecule has 0 aliphatic carbocycles. The Balaban J connectivity index is 1.21. The van der Waals surface area contributed by atoms with Gasteiger partial charge in [0.2, 0.25) is 0 Å². The summed E-state index contributed by atoms with van der Waals surface area (Å²) >= 11 is 0. The lowest BCUT2D eigenvalue weighted by Gasteiger charge is -2.34. The van der Waals surface area contributed by atoms with Gasteiger partial charge in [-0.2, -0.15) is 10.2 Å². The molecule has 0 atom stereocenters. The Kier molecular flexibility index (Phi) is 7.25. The minimum atomic E-state index is -0.573. The molecule has 42 heavy (non-hydrogen) atoms. The minimum Gasteiger partial charge on any atom is -0.381 e. The molecule has 10 heteroatoms. The van der Waals surface area contributed by atoms with Gasteiger partial charge < -0.3 is 19.9 Å². The Morgan fingerprint density at radius 1 is 0.881 bits per heavy atom. The Bertz CT molecular complexity index is 1700. The van der Waals surface area contributed by atoms with Gasteiger partial charge in [-0.05, 0) is 85.8 Å². The van der Waals surface area contributed by atoms with Crippen LogP contribution in [0.2, 0.25) is 0 Å². The highest BCUT2D eigenvalue weighted by Gasteiger charge is 2.21. The molecule has 2 aliphatic rings. The van der Waals surface area contributed by atoms with E-state index in [9.17, 15) is 8.78 Å². The molecule has 2 fully saturated rings. The summed E-state index contributed by atoms with van der Waals surface area (Å²) < 4.78 is 35.3. The molecule has 0 radical (unpaired) electrons. The van der Waals surface area contributed by atoms with Crippen molar-refractivity contribution in [2.45, 2.75) is 25.8 Å². The zero-order chi connectivity index (χ0) is 28.6. The number of H-pyrrole nitrogens is 1. The van der Waals surface area contributed by atoms with Crippen molar-refractivity contribution in [2.24, 2.45) is 5.92 Å². The first-order valence-corrected chi connectivity index (χ1v) is 14.7. The standard InChI is InChI=1S/C32H35F2N7O/c1-39-8-10-40(11-9-39)26-3-4-27-30(19-26)41(20-21-6-12-42-13-7-21)38-32(27)35-31-28-17-22(2-5-29(28)36-37-31)14-23-15-24(33)18-25(34)16-23/h2-5,15-19,21H,6-14,20H2,1H3,(H2,35,36,37,38). The summed E-state index contributed by atoms with van der Waals surface area (Å²) in [6.45, 7) is 6.54. The fourth-order valence-electron chi connectivity index (χ4n) is 6.16. The molecule has 218 valence electrons. The number of aromatic nitrogens is 4. The second-order valence-electron chi connectivity index (χ2n) is 11.6. The van der Waals surface area contributed by atoms with E-state index in [2.05, 4.69) is 55.2 Å². The van der Waals surface area contributed by atoms with E-state index in [4.69, 9.17) is 9.84 Å². The quantitative estimate of drug-likeness (QED) is 0.261. The van der Waals surface area contributed by atoms with Crippen LogP contribution in [0, 0.1) is 17.6 Å². The monoisotopic (exact) mass is 571 g/mol. The van der Waals surface area contributed by atoms with Crippen molar-refractivity contribution in [3.63, 3.8) is 0 Å². The van der Waals surface area contributed by atoms with E-state index in [1.54, 1.807) is 0 Å². The van der Waals surface area contributed by atoms with Gasteiger partial charge in [-0.3, -0.25) is 9.78 Å². The highest BCUT2D eigenvalue weighted by Crippen LogP contribution is 2.33. The summed E-state index contributed by atoms with van der Waals surface area (Å²) in [4.78, 5) is 4.81. The number of rotatable bonds is 7. The zero-order valence-corrected chi connectivity index (χ0v) is 23.7. The van der Waals surface area contributed by atoms with Gasteiger partial charge in [-0.1, -0.05) is 6.07 Å². The fraction of sp³-hybridized carbons (Fsp3) is 0.375. The molecule has 0 unspecified atom stereocenters. The third kappa shape index (κ3) is 5.56. The van der Waals surface area contributed by atoms with Gasteiger partial charge in [0.25, 0.3) is 0 Å². The van der Waals surface area contributed by atoms with Crippen molar-refractivity contribution in [3.8, 4) is 0 Å². The molecule has 4 heterocycles. The van der Waals surface area contributed by atoms with Gasteiger partial charge in [-0.15, -0.1) is 0 Å². The first-order chi connectivity index (χ1) is 20.5. The average Bonchev–Trinajstić information content (AvgIpc) is 3.54. The molecule has 2 saturated heterocycles. The van der Waals surface area contributed by atoms with E-state index in [1.807, 2.05) is 18.2 Å². The molecule has 3 aromatic carbocycles. The highest BCUT2D eigenvalue weighted by atomic mass is 19.1. The summed E-state index contributed by atoms with van der Waals surface area (Å²) in [5.74, 6) is 0.793. The first kappa shape index (κ1) is 26.9. The summed E-state index contributed by atoms with van der Waals surface area (Å²) in [7, 11) is 2.17. The Morgan fingerprint density at radius 3 is 2.45 bits per heavy atom. The van der Waals surface area contributed by atoms with Crippen LogP contribution in [0.15, 0.2) is 54.6 Å². The number of ether oxygens (including phenoxy) is 1. The number of halogens is 2. The van der Waals surface area contributed by atoms with Crippen molar-refractivity contribution in [1.29, 1.82) is 0 Å². The van der Waals surface area contributed by atoms with E-state index in [0.717, 1.165) is 98.0 Å². The second-order valence-corrected chi connectivity index (χ2v) is 11.6. The molecule has 0 bridgehead atoms. The van der Waals surface area contributed by atoms with Crippen LogP contribution in [0.4, 0.5) is 26.1 Å². The number of piperazine rings is 1. The Morgan fingerprint density at radius 2 is 1.67 bits per heavy atom. The van der Waals surface area contributed by atoms with Gasteiger partial charge in [0.1, 0.15) is 11.6 Å². The number of anilines is 3. The Labute approximate surface area is 243 Å². The normalized spacial score (nSPS) is 17.0. The van der Waals surface area contributed by atoms with E-state index in [0.29, 0.717) is 23.7 Å². The van der Waals surface area contributed by atoms with Gasteiger partial charge in [0.15, 0.2) is 11.6 Å². The van der Waals surface area contributed by atoms with Gasteiger partial charge in [-0.25, -0.2) is 8.78 Å². The second kappa shape index (κ2) is 11.3. The lowest BCUT2D eigenvalue weighted by Crippen LogP contribution is -2.44. The van der Waals surface area contributed by atoms with Gasteiger partial charge in [0, 0.05) is 68.5 Å². The maximum atomic E-state index is 13.8. The smallest absolute Gasteiger partial charge is 0.161 e. The van der Waals surface area contributed by atoms with Crippen LogP contribution in [0.1, 0.15) is 24.0 Å². The van der Waals surface area contributed by atoms with Gasteiger partial charge in [0.05, 0.1) is 11.0 Å². The van der Waals surface area contributed by atoms with E-state index >= 15 is 0 Å². The lowest BCUT2D eigenvalue weighted by atomic mass is 10.0. The summed E-state index contributed by atoms with van der Waals surface area (Å²) in [5.41, 5.74) is 4.71. The summed E-state index contributed by atoms with van der Waals surface area (Å²) in [6.07, 6.45) is 2.47. The maximum Gasteiger partial charge on any atom is 0.161 e. The van der Waals surface area contributed by atoms with Crippen LogP contribution in [-0.4, -0.2) is 71.3 Å². The third-order valence-corrected chi connectivity index (χ3v) is 8.57. The van der Waals surface area contributed by atoms with Crippen LogP contribution in [0.5, 0.6) is 0 Å².